The predicted octanol–water partition coefficient (Wildman–Crippen LogP) is 1.54. The summed E-state index contributed by atoms with van der Waals surface area (Å²) in [6, 6.07) is 0. The third-order valence-electron chi connectivity index (χ3n) is 1.04. The van der Waals surface area contributed by atoms with Crippen LogP contribution >= 0.6 is 12.6 Å². The summed E-state index contributed by atoms with van der Waals surface area (Å²) in [6.07, 6.45) is 0. The van der Waals surface area contributed by atoms with E-state index in [2.05, 4.69) is 17.8 Å². The van der Waals surface area contributed by atoms with Crippen LogP contribution in [0.25, 0.3) is 0 Å². The lowest BCUT2D eigenvalue weighted by Gasteiger charge is -2.13. The molecular weight excluding hydrogens is 122 g/mol. The molecule has 0 aromatic rings. The monoisotopic (exact) mass is 133 g/mol. The molecule has 0 rings (SSSR count). The molecule has 0 aliphatic rings. The minimum Gasteiger partial charge on any atom is -0.411 e. The maximum Gasteiger partial charge on any atom is 0.0692 e. The molecule has 0 heterocycles. The zero-order chi connectivity index (χ0) is 6.78. The largest absolute Gasteiger partial charge is 0.411 e. The van der Waals surface area contributed by atoms with Crippen LogP contribution in [0.15, 0.2) is 5.16 Å². The Morgan fingerprint density at radius 1 is 1.62 bits per heavy atom. The van der Waals surface area contributed by atoms with Crippen molar-refractivity contribution < 1.29 is 5.21 Å². The summed E-state index contributed by atoms with van der Waals surface area (Å²) < 4.78 is -0.297. The topological polar surface area (TPSA) is 32.6 Å². The Morgan fingerprint density at radius 2 is 2.00 bits per heavy atom. The van der Waals surface area contributed by atoms with Gasteiger partial charge < -0.3 is 5.21 Å². The van der Waals surface area contributed by atoms with E-state index >= 15 is 0 Å². The lowest BCUT2D eigenvalue weighted by molar-refractivity contribution is 0.316. The molecule has 1 N–H and O–H groups in total. The van der Waals surface area contributed by atoms with E-state index in [-0.39, 0.29) is 4.75 Å². The van der Waals surface area contributed by atoms with Gasteiger partial charge in [-0.05, 0) is 20.8 Å². The van der Waals surface area contributed by atoms with E-state index < -0.39 is 0 Å². The number of thiol groups is 1. The highest BCUT2D eigenvalue weighted by atomic mass is 32.1. The minimum atomic E-state index is -0.297. The Kier molecular flexibility index (Phi) is 2.34. The molecule has 3 heteroatoms. The van der Waals surface area contributed by atoms with Crippen LogP contribution in [0.2, 0.25) is 0 Å². The van der Waals surface area contributed by atoms with Crippen LogP contribution in [-0.2, 0) is 0 Å². The average molecular weight is 133 g/mol. The van der Waals surface area contributed by atoms with Gasteiger partial charge in [-0.1, -0.05) is 5.16 Å². The third-order valence-corrected chi connectivity index (χ3v) is 1.36. The van der Waals surface area contributed by atoms with Gasteiger partial charge in [-0.2, -0.15) is 12.6 Å². The molecule has 48 valence electrons. The molecule has 0 aromatic carbocycles. The Morgan fingerprint density at radius 3 is 2.00 bits per heavy atom. The second-order valence-electron chi connectivity index (χ2n) is 2.24. The van der Waals surface area contributed by atoms with E-state index in [1.165, 1.54) is 0 Å². The van der Waals surface area contributed by atoms with Gasteiger partial charge in [0.2, 0.25) is 0 Å². The van der Waals surface area contributed by atoms with Crippen LogP contribution in [0.4, 0.5) is 0 Å². The lowest BCUT2D eigenvalue weighted by Crippen LogP contribution is -2.21. The van der Waals surface area contributed by atoms with Crippen molar-refractivity contribution in [1.82, 2.24) is 0 Å². The second kappa shape index (κ2) is 2.40. The maximum atomic E-state index is 8.21. The molecule has 0 radical (unpaired) electrons. The molecule has 0 saturated carbocycles. The van der Waals surface area contributed by atoms with Crippen molar-refractivity contribution in [3.63, 3.8) is 0 Å². The minimum absolute atomic E-state index is 0.297. The van der Waals surface area contributed by atoms with Gasteiger partial charge in [0.25, 0.3) is 0 Å². The smallest absolute Gasteiger partial charge is 0.0692 e. The summed E-state index contributed by atoms with van der Waals surface area (Å²) >= 11 is 4.14. The summed E-state index contributed by atoms with van der Waals surface area (Å²) in [5, 5.41) is 11.2. The third kappa shape index (κ3) is 2.21. The van der Waals surface area contributed by atoms with E-state index in [0.29, 0.717) is 5.71 Å². The van der Waals surface area contributed by atoms with Crippen molar-refractivity contribution in [2.75, 3.05) is 0 Å². The Hall–Kier alpha value is -0.180. The van der Waals surface area contributed by atoms with Crippen molar-refractivity contribution in [2.24, 2.45) is 5.16 Å². The molecule has 0 aromatic heterocycles. The SMILES string of the molecule is C/C(=N\O)C(C)(C)S. The van der Waals surface area contributed by atoms with Crippen LogP contribution in [0.3, 0.4) is 0 Å². The number of hydrogen-bond donors (Lipinski definition) is 2. The molecule has 0 aliphatic heterocycles. The van der Waals surface area contributed by atoms with Crippen molar-refractivity contribution in [3.05, 3.63) is 0 Å². The first-order valence-electron chi connectivity index (χ1n) is 2.40. The zero-order valence-corrected chi connectivity index (χ0v) is 6.24. The molecule has 0 unspecified atom stereocenters. The van der Waals surface area contributed by atoms with Crippen LogP contribution < -0.4 is 0 Å². The first kappa shape index (κ1) is 7.82. The van der Waals surface area contributed by atoms with Gasteiger partial charge in [-0.15, -0.1) is 0 Å². The summed E-state index contributed by atoms with van der Waals surface area (Å²) in [4.78, 5) is 0. The molecule has 0 fully saturated rings. The number of oxime groups is 1. The van der Waals surface area contributed by atoms with Gasteiger partial charge in [0, 0.05) is 4.75 Å². The lowest BCUT2D eigenvalue weighted by atomic mass is 10.1. The average Bonchev–Trinajstić information content (AvgIpc) is 1.62. The molecule has 0 bridgehead atoms. The Balaban J connectivity index is 4.03. The van der Waals surface area contributed by atoms with Crippen LogP contribution in [0.5, 0.6) is 0 Å². The van der Waals surface area contributed by atoms with Gasteiger partial charge in [0.15, 0.2) is 0 Å². The number of hydrogen-bond acceptors (Lipinski definition) is 3. The standard InChI is InChI=1S/C5H11NOS/c1-4(6-7)5(2,3)8/h7-8H,1-3H3/b6-4+. The molecule has 0 atom stereocenters. The fourth-order valence-corrected chi connectivity index (χ4v) is 0.167. The zero-order valence-electron chi connectivity index (χ0n) is 5.34. The van der Waals surface area contributed by atoms with E-state index in [1.54, 1.807) is 6.92 Å². The molecule has 0 aliphatic carbocycles. The van der Waals surface area contributed by atoms with Gasteiger partial charge in [0.05, 0.1) is 5.71 Å². The van der Waals surface area contributed by atoms with E-state index in [4.69, 9.17) is 5.21 Å². The molecule has 0 spiro atoms. The van der Waals surface area contributed by atoms with Crippen molar-refractivity contribution in [1.29, 1.82) is 0 Å². The quantitative estimate of drug-likeness (QED) is 0.242. The Bertz CT molecular complexity index is 103. The summed E-state index contributed by atoms with van der Waals surface area (Å²) in [5.74, 6) is 0. The van der Waals surface area contributed by atoms with Gasteiger partial charge in [-0.25, -0.2) is 0 Å². The fourth-order valence-electron chi connectivity index (χ4n) is 0.122. The van der Waals surface area contributed by atoms with E-state index in [9.17, 15) is 0 Å². The maximum absolute atomic E-state index is 8.21. The first-order chi connectivity index (χ1) is 3.48. The summed E-state index contributed by atoms with van der Waals surface area (Å²) in [7, 11) is 0. The molecule has 0 saturated heterocycles. The molecular formula is C5H11NOS. The van der Waals surface area contributed by atoms with Crippen LogP contribution in [0.1, 0.15) is 20.8 Å². The molecule has 8 heavy (non-hydrogen) atoms. The van der Waals surface area contributed by atoms with Crippen LogP contribution in [0, 0.1) is 0 Å². The van der Waals surface area contributed by atoms with E-state index in [1.807, 2.05) is 13.8 Å². The van der Waals surface area contributed by atoms with Crippen molar-refractivity contribution >= 4 is 18.3 Å². The van der Waals surface area contributed by atoms with Gasteiger partial charge >= 0.3 is 0 Å². The molecule has 0 amide bonds. The first-order valence-corrected chi connectivity index (χ1v) is 2.84. The van der Waals surface area contributed by atoms with Crippen molar-refractivity contribution in [2.45, 2.75) is 25.5 Å². The van der Waals surface area contributed by atoms with Crippen LogP contribution in [-0.4, -0.2) is 15.7 Å². The fraction of sp³-hybridized carbons (Fsp3) is 0.800. The summed E-state index contributed by atoms with van der Waals surface area (Å²) in [5.41, 5.74) is 0.626. The summed E-state index contributed by atoms with van der Waals surface area (Å²) in [6.45, 7) is 5.46. The van der Waals surface area contributed by atoms with Gasteiger partial charge in [0.1, 0.15) is 0 Å². The predicted molar refractivity (Wildman–Crippen MR) is 38.0 cm³/mol. The highest BCUT2D eigenvalue weighted by Crippen LogP contribution is 2.13. The van der Waals surface area contributed by atoms with E-state index in [0.717, 1.165) is 0 Å². The Labute approximate surface area is 55.0 Å². The van der Waals surface area contributed by atoms with Gasteiger partial charge in [-0.3, -0.25) is 0 Å². The normalized spacial score (nSPS) is 14.2. The number of rotatable bonds is 1. The number of nitrogens with zero attached hydrogens (tertiary/aromatic N) is 1. The highest BCUT2D eigenvalue weighted by Gasteiger charge is 2.15. The second-order valence-corrected chi connectivity index (χ2v) is 3.36. The highest BCUT2D eigenvalue weighted by molar-refractivity contribution is 7.82. The molecule has 2 nitrogen and oxygen atoms in total. The van der Waals surface area contributed by atoms with Crippen molar-refractivity contribution in [3.8, 4) is 0 Å².